The Morgan fingerprint density at radius 2 is 2.04 bits per heavy atom. The van der Waals surface area contributed by atoms with Crippen molar-refractivity contribution in [1.82, 2.24) is 10.2 Å². The van der Waals surface area contributed by atoms with Gasteiger partial charge in [0.2, 0.25) is 11.0 Å². The zero-order chi connectivity index (χ0) is 17.7. The van der Waals surface area contributed by atoms with Gasteiger partial charge in [-0.2, -0.15) is 0 Å². The minimum absolute atomic E-state index is 0.162. The van der Waals surface area contributed by atoms with Crippen LogP contribution in [0.3, 0.4) is 0 Å². The molecule has 3 N–H and O–H groups in total. The number of hydrogen-bond donors (Lipinski definition) is 2. The van der Waals surface area contributed by atoms with Crippen LogP contribution in [0.4, 0.5) is 10.1 Å². The molecule has 0 aromatic carbocycles. The van der Waals surface area contributed by atoms with Crippen LogP contribution in [0, 0.1) is 6.92 Å². The van der Waals surface area contributed by atoms with Gasteiger partial charge in [-0.3, -0.25) is 4.79 Å². The zero-order valence-corrected chi connectivity index (χ0v) is 16.0. The highest BCUT2D eigenvalue weighted by Gasteiger charge is 2.23. The van der Waals surface area contributed by atoms with Crippen molar-refractivity contribution in [2.45, 2.75) is 31.5 Å². The van der Waals surface area contributed by atoms with Crippen molar-refractivity contribution in [3.05, 3.63) is 16.0 Å². The first kappa shape index (κ1) is 18.7. The summed E-state index contributed by atoms with van der Waals surface area (Å²) in [6.07, 6.45) is 0.789. The number of thiophene rings is 1. The molecule has 0 aliphatic rings. The van der Waals surface area contributed by atoms with Crippen LogP contribution in [-0.4, -0.2) is 34.4 Å². The summed E-state index contributed by atoms with van der Waals surface area (Å²) in [6, 6.07) is 0. The van der Waals surface area contributed by atoms with Gasteiger partial charge in [-0.25, -0.2) is 4.79 Å². The number of ether oxygens (including phenoxy) is 1. The van der Waals surface area contributed by atoms with Gasteiger partial charge in [0, 0.05) is 4.88 Å². The van der Waals surface area contributed by atoms with E-state index in [4.69, 9.17) is 10.5 Å². The van der Waals surface area contributed by atoms with Crippen molar-refractivity contribution in [2.75, 3.05) is 23.4 Å². The molecule has 2 aromatic heterocycles. The number of thioether (sulfide) groups is 1. The maximum Gasteiger partial charge on any atom is 0.341 e. The van der Waals surface area contributed by atoms with Gasteiger partial charge in [-0.15, -0.1) is 21.5 Å². The fourth-order valence-electron chi connectivity index (χ4n) is 2.00. The van der Waals surface area contributed by atoms with Crippen molar-refractivity contribution in [3.63, 3.8) is 0 Å². The van der Waals surface area contributed by atoms with E-state index < -0.39 is 5.97 Å². The highest BCUT2D eigenvalue weighted by atomic mass is 32.2. The largest absolute Gasteiger partial charge is 0.462 e. The number of nitrogen functional groups attached to an aromatic ring is 1. The Morgan fingerprint density at radius 3 is 2.62 bits per heavy atom. The van der Waals surface area contributed by atoms with Gasteiger partial charge < -0.3 is 15.8 Å². The van der Waals surface area contributed by atoms with Crippen molar-refractivity contribution < 1.29 is 14.3 Å². The van der Waals surface area contributed by atoms with E-state index in [1.807, 2.05) is 13.8 Å². The predicted molar refractivity (Wildman–Crippen MR) is 98.1 cm³/mol. The minimum Gasteiger partial charge on any atom is -0.462 e. The van der Waals surface area contributed by atoms with Crippen molar-refractivity contribution in [2.24, 2.45) is 0 Å². The first-order chi connectivity index (χ1) is 11.5. The van der Waals surface area contributed by atoms with Crippen LogP contribution >= 0.6 is 34.4 Å². The third-order valence-electron chi connectivity index (χ3n) is 3.05. The summed E-state index contributed by atoms with van der Waals surface area (Å²) in [6.45, 7) is 5.92. The monoisotopic (exact) mass is 386 g/mol. The maximum absolute atomic E-state index is 12.2. The molecular weight excluding hydrogens is 368 g/mol. The van der Waals surface area contributed by atoms with Crippen molar-refractivity contribution in [3.8, 4) is 0 Å². The molecule has 1 amide bonds. The Balaban J connectivity index is 2.09. The summed E-state index contributed by atoms with van der Waals surface area (Å²) in [5, 5.41) is 11.3. The maximum atomic E-state index is 12.2. The van der Waals surface area contributed by atoms with E-state index in [0.29, 0.717) is 20.0 Å². The number of aromatic nitrogens is 2. The molecule has 0 saturated carbocycles. The molecule has 10 heteroatoms. The lowest BCUT2D eigenvalue weighted by molar-refractivity contribution is -0.113. The summed E-state index contributed by atoms with van der Waals surface area (Å²) >= 11 is 3.89. The Bertz CT molecular complexity index is 742. The standard InChI is InChI=1S/C14H18N4O3S3/c1-4-8-7(3)10(12(20)21-5-2)11(23-8)16-9(19)6-22-14-18-17-13(15)24-14/h4-6H2,1-3H3,(H2,15,17)(H,16,19). The second-order valence-corrected chi connectivity index (χ2v) is 8.01. The molecule has 7 nitrogen and oxygen atoms in total. The van der Waals surface area contributed by atoms with Crippen LogP contribution in [0.15, 0.2) is 4.34 Å². The second-order valence-electron chi connectivity index (χ2n) is 4.67. The Hall–Kier alpha value is -1.65. The van der Waals surface area contributed by atoms with E-state index in [-0.39, 0.29) is 18.3 Å². The Labute approximate surface area is 152 Å². The molecule has 0 saturated heterocycles. The van der Waals surface area contributed by atoms with Gasteiger partial charge in [0.1, 0.15) is 5.00 Å². The van der Waals surface area contributed by atoms with E-state index in [9.17, 15) is 9.59 Å². The molecular formula is C14H18N4O3S3. The van der Waals surface area contributed by atoms with Crippen molar-refractivity contribution >= 4 is 56.4 Å². The number of aryl methyl sites for hydroxylation is 1. The predicted octanol–water partition coefficient (Wildman–Crippen LogP) is 2.96. The number of nitrogens with one attached hydrogen (secondary N) is 1. The van der Waals surface area contributed by atoms with E-state index in [0.717, 1.165) is 16.9 Å². The number of nitrogens with two attached hydrogens (primary N) is 1. The highest BCUT2D eigenvalue weighted by molar-refractivity contribution is 8.01. The molecule has 2 rings (SSSR count). The molecule has 2 heterocycles. The average molecular weight is 387 g/mol. The summed E-state index contributed by atoms with van der Waals surface area (Å²) < 4.78 is 5.73. The van der Waals surface area contributed by atoms with Crippen LogP contribution in [0.2, 0.25) is 0 Å². The SMILES string of the molecule is CCOC(=O)c1c(NC(=O)CSc2nnc(N)s2)sc(CC)c1C. The number of nitrogens with zero attached hydrogens (tertiary/aromatic N) is 2. The number of anilines is 2. The van der Waals surface area contributed by atoms with Crippen LogP contribution < -0.4 is 11.1 Å². The molecule has 0 spiro atoms. The van der Waals surface area contributed by atoms with Gasteiger partial charge in [0.15, 0.2) is 4.34 Å². The van der Waals surface area contributed by atoms with E-state index in [1.54, 1.807) is 6.92 Å². The lowest BCUT2D eigenvalue weighted by Gasteiger charge is -2.06. The fourth-order valence-corrected chi connectivity index (χ4v) is 4.59. The first-order valence-corrected chi connectivity index (χ1v) is 9.89. The van der Waals surface area contributed by atoms with Gasteiger partial charge in [-0.1, -0.05) is 30.0 Å². The van der Waals surface area contributed by atoms with E-state index in [2.05, 4.69) is 15.5 Å². The van der Waals surface area contributed by atoms with Crippen LogP contribution in [0.1, 0.15) is 34.6 Å². The molecule has 0 aliphatic carbocycles. The molecule has 0 aliphatic heterocycles. The molecule has 0 bridgehead atoms. The first-order valence-electron chi connectivity index (χ1n) is 7.27. The molecule has 0 atom stereocenters. The van der Waals surface area contributed by atoms with Crippen LogP contribution in [0.5, 0.6) is 0 Å². The summed E-state index contributed by atoms with van der Waals surface area (Å²) in [7, 11) is 0. The lowest BCUT2D eigenvalue weighted by atomic mass is 10.1. The number of amides is 1. The second kappa shape index (κ2) is 8.45. The summed E-state index contributed by atoms with van der Waals surface area (Å²) in [5.41, 5.74) is 6.81. The van der Waals surface area contributed by atoms with Crippen LogP contribution in [0.25, 0.3) is 0 Å². The summed E-state index contributed by atoms with van der Waals surface area (Å²) in [5.74, 6) is -0.469. The molecule has 24 heavy (non-hydrogen) atoms. The van der Waals surface area contributed by atoms with Crippen LogP contribution in [-0.2, 0) is 16.0 Å². The van der Waals surface area contributed by atoms with Gasteiger partial charge in [-0.05, 0) is 25.8 Å². The summed E-state index contributed by atoms with van der Waals surface area (Å²) in [4.78, 5) is 25.4. The fraction of sp³-hybridized carbons (Fsp3) is 0.429. The molecule has 0 unspecified atom stereocenters. The number of esters is 1. The lowest BCUT2D eigenvalue weighted by Crippen LogP contribution is -2.16. The topological polar surface area (TPSA) is 107 Å². The smallest absolute Gasteiger partial charge is 0.341 e. The highest BCUT2D eigenvalue weighted by Crippen LogP contribution is 2.34. The molecule has 0 fully saturated rings. The minimum atomic E-state index is -0.411. The van der Waals surface area contributed by atoms with Gasteiger partial charge in [0.05, 0.1) is 17.9 Å². The average Bonchev–Trinajstić information content (AvgIpc) is 3.08. The number of carbonyl (C=O) groups is 2. The van der Waals surface area contributed by atoms with Crippen molar-refractivity contribution in [1.29, 1.82) is 0 Å². The number of rotatable bonds is 7. The van der Waals surface area contributed by atoms with Gasteiger partial charge >= 0.3 is 5.97 Å². The van der Waals surface area contributed by atoms with Gasteiger partial charge in [0.25, 0.3) is 0 Å². The van der Waals surface area contributed by atoms with E-state index >= 15 is 0 Å². The Morgan fingerprint density at radius 1 is 1.29 bits per heavy atom. The third-order valence-corrected chi connectivity index (χ3v) is 6.29. The normalized spacial score (nSPS) is 10.6. The Kier molecular flexibility index (Phi) is 6.58. The zero-order valence-electron chi connectivity index (χ0n) is 13.5. The quantitative estimate of drug-likeness (QED) is 0.556. The number of hydrogen-bond acceptors (Lipinski definition) is 9. The third kappa shape index (κ3) is 4.46. The van der Waals surface area contributed by atoms with E-state index in [1.165, 1.54) is 34.4 Å². The molecule has 2 aromatic rings. The molecule has 130 valence electrons. The number of carbonyl (C=O) groups excluding carboxylic acids is 2. The molecule has 0 radical (unpaired) electrons.